The van der Waals surface area contributed by atoms with E-state index in [1.807, 2.05) is 6.07 Å². The van der Waals surface area contributed by atoms with Crippen LogP contribution in [0.3, 0.4) is 0 Å². The Balaban J connectivity index is 0.000000646. The number of piperazine rings is 1. The number of nitrogens with zero attached hydrogens (tertiary/aromatic N) is 4. The number of halogens is 3. The lowest BCUT2D eigenvalue weighted by Gasteiger charge is -2.32. The van der Waals surface area contributed by atoms with Crippen LogP contribution in [-0.4, -0.2) is 109 Å². The Morgan fingerprint density at radius 3 is 2.37 bits per heavy atom. The number of nitrogens with one attached hydrogen (secondary N) is 1. The second-order valence-corrected chi connectivity index (χ2v) is 10.1. The van der Waals surface area contributed by atoms with Crippen LogP contribution in [0.5, 0.6) is 0 Å². The summed E-state index contributed by atoms with van der Waals surface area (Å²) in [4.78, 5) is 52.2. The highest BCUT2D eigenvalue weighted by Gasteiger charge is 2.38. The summed E-state index contributed by atoms with van der Waals surface area (Å²) >= 11 is 0. The van der Waals surface area contributed by atoms with Gasteiger partial charge >= 0.3 is 24.0 Å². The molecule has 0 saturated carbocycles. The first-order valence-electron chi connectivity index (χ1n) is 13.3. The summed E-state index contributed by atoms with van der Waals surface area (Å²) in [5, 5.41) is 9.88. The Kier molecular flexibility index (Phi) is 11.3. The molecule has 1 saturated heterocycles. The summed E-state index contributed by atoms with van der Waals surface area (Å²) in [6.07, 6.45) is -4.81. The summed E-state index contributed by atoms with van der Waals surface area (Å²) in [5.74, 6) is -3.43. The molecular weight excluding hydrogens is 575 g/mol. The number of aliphatic carboxylic acids is 1. The van der Waals surface area contributed by atoms with Crippen molar-refractivity contribution in [2.75, 3.05) is 65.8 Å². The number of benzene rings is 2. The van der Waals surface area contributed by atoms with Crippen molar-refractivity contribution >= 4 is 34.8 Å². The molecule has 4 rings (SSSR count). The normalized spacial score (nSPS) is 14.1. The maximum Gasteiger partial charge on any atom is 0.490 e. The summed E-state index contributed by atoms with van der Waals surface area (Å²) < 4.78 is 43.9. The van der Waals surface area contributed by atoms with E-state index in [4.69, 9.17) is 19.1 Å². The molecule has 1 fully saturated rings. The lowest BCUT2D eigenvalue weighted by Crippen LogP contribution is -2.44. The maximum absolute atomic E-state index is 12.5. The summed E-state index contributed by atoms with van der Waals surface area (Å²) in [6, 6.07) is 12.1. The minimum atomic E-state index is -5.08. The van der Waals surface area contributed by atoms with E-state index in [1.165, 1.54) is 9.47 Å². The van der Waals surface area contributed by atoms with Gasteiger partial charge in [0.15, 0.2) is 5.58 Å². The fraction of sp³-hybridized carbons (Fsp3) is 0.429. The zero-order chi connectivity index (χ0) is 31.7. The number of hydrogen-bond acceptors (Lipinski definition) is 8. The van der Waals surface area contributed by atoms with E-state index >= 15 is 0 Å². The van der Waals surface area contributed by atoms with Crippen LogP contribution in [-0.2, 0) is 16.1 Å². The standard InChI is InChI=1S/C26H33N5O5.C2HF3O2/c1-28(2)24(32)20-8-9-23-22(17-20)31(26(34)36-23)18-19-6-4-7-21(16-19)27-25(33)35-15-5-10-30-13-11-29(3)12-14-30;3-2(4,5)1(6)7/h4,6-9,16-17H,5,10-15,18H2,1-3H3,(H,27,33);(H,6,7). The number of alkyl halides is 3. The number of ether oxygens (including phenoxy) is 1. The van der Waals surface area contributed by atoms with Crippen molar-refractivity contribution in [1.29, 1.82) is 0 Å². The molecule has 0 unspecified atom stereocenters. The van der Waals surface area contributed by atoms with Gasteiger partial charge in [-0.3, -0.25) is 14.7 Å². The predicted octanol–water partition coefficient (Wildman–Crippen LogP) is 3.16. The Morgan fingerprint density at radius 1 is 1.07 bits per heavy atom. The number of likely N-dealkylation sites (N-methyl/N-ethyl adjacent to an activating group) is 1. The monoisotopic (exact) mass is 609 g/mol. The summed E-state index contributed by atoms with van der Waals surface area (Å²) in [5.41, 5.74) is 2.77. The van der Waals surface area contributed by atoms with E-state index in [2.05, 4.69) is 22.2 Å². The second-order valence-electron chi connectivity index (χ2n) is 10.1. The van der Waals surface area contributed by atoms with Crippen LogP contribution in [0.25, 0.3) is 11.1 Å². The van der Waals surface area contributed by atoms with Gasteiger partial charge in [0.2, 0.25) is 0 Å². The average molecular weight is 610 g/mol. The molecule has 2 heterocycles. The third-order valence-electron chi connectivity index (χ3n) is 6.52. The smallest absolute Gasteiger partial charge is 0.475 e. The summed E-state index contributed by atoms with van der Waals surface area (Å²) in [6.45, 7) is 5.69. The number of carboxylic acid groups (broad SMARTS) is 1. The molecule has 3 aromatic rings. The van der Waals surface area contributed by atoms with E-state index in [9.17, 15) is 27.6 Å². The molecule has 15 heteroatoms. The Bertz CT molecular complexity index is 1480. The minimum Gasteiger partial charge on any atom is -0.475 e. The predicted molar refractivity (Wildman–Crippen MR) is 151 cm³/mol. The molecule has 0 atom stereocenters. The zero-order valence-corrected chi connectivity index (χ0v) is 24.0. The van der Waals surface area contributed by atoms with Gasteiger partial charge in [0.1, 0.15) is 0 Å². The number of carbonyl (C=O) groups excluding carboxylic acids is 2. The SMILES string of the molecule is CN1CCN(CCCOC(=O)Nc2cccc(Cn3c(=O)oc4ccc(C(=O)N(C)C)cc43)c2)CC1.O=C(O)C(F)(F)F. The molecule has 2 N–H and O–H groups in total. The van der Waals surface area contributed by atoms with Gasteiger partial charge in [-0.1, -0.05) is 12.1 Å². The Morgan fingerprint density at radius 2 is 1.74 bits per heavy atom. The molecule has 0 bridgehead atoms. The number of rotatable bonds is 8. The van der Waals surface area contributed by atoms with Gasteiger partial charge in [-0.2, -0.15) is 13.2 Å². The fourth-order valence-electron chi connectivity index (χ4n) is 4.21. The lowest BCUT2D eigenvalue weighted by atomic mass is 10.1. The van der Waals surface area contributed by atoms with E-state index in [1.54, 1.807) is 50.5 Å². The highest BCUT2D eigenvalue weighted by atomic mass is 19.4. The molecule has 2 amide bonds. The van der Waals surface area contributed by atoms with Crippen molar-refractivity contribution in [3.63, 3.8) is 0 Å². The van der Waals surface area contributed by atoms with E-state index in [0.717, 1.165) is 44.7 Å². The maximum atomic E-state index is 12.5. The van der Waals surface area contributed by atoms with Crippen molar-refractivity contribution in [1.82, 2.24) is 19.3 Å². The number of amides is 2. The zero-order valence-electron chi connectivity index (χ0n) is 24.0. The highest BCUT2D eigenvalue weighted by Crippen LogP contribution is 2.19. The quantitative estimate of drug-likeness (QED) is 0.369. The van der Waals surface area contributed by atoms with Gasteiger partial charge in [-0.25, -0.2) is 14.4 Å². The number of carbonyl (C=O) groups is 3. The molecule has 12 nitrogen and oxygen atoms in total. The third kappa shape index (κ3) is 9.85. The minimum absolute atomic E-state index is 0.162. The van der Waals surface area contributed by atoms with Gasteiger partial charge < -0.3 is 29.0 Å². The van der Waals surface area contributed by atoms with Gasteiger partial charge in [-0.05, 0) is 49.4 Å². The fourth-order valence-corrected chi connectivity index (χ4v) is 4.21. The van der Waals surface area contributed by atoms with Gasteiger partial charge in [0.25, 0.3) is 5.91 Å². The van der Waals surface area contributed by atoms with E-state index < -0.39 is 24.0 Å². The molecule has 1 aromatic heterocycles. The average Bonchev–Trinajstić information content (AvgIpc) is 3.25. The van der Waals surface area contributed by atoms with Crippen molar-refractivity contribution < 1.29 is 41.8 Å². The largest absolute Gasteiger partial charge is 0.490 e. The molecule has 0 aliphatic carbocycles. The molecule has 0 spiro atoms. The number of fused-ring (bicyclic) bond motifs is 1. The van der Waals surface area contributed by atoms with Crippen LogP contribution < -0.4 is 11.1 Å². The first kappa shape index (κ1) is 33.1. The highest BCUT2D eigenvalue weighted by molar-refractivity contribution is 5.96. The molecule has 43 heavy (non-hydrogen) atoms. The van der Waals surface area contributed by atoms with Crippen LogP contribution in [0.2, 0.25) is 0 Å². The molecular formula is C28H34F3N5O7. The molecule has 234 valence electrons. The number of oxazole rings is 1. The number of carboxylic acids is 1. The van der Waals surface area contributed by atoms with Crippen LogP contribution in [0, 0.1) is 0 Å². The number of hydrogen-bond donors (Lipinski definition) is 2. The van der Waals surface area contributed by atoms with Crippen LogP contribution in [0.4, 0.5) is 23.7 Å². The second kappa shape index (κ2) is 14.7. The van der Waals surface area contributed by atoms with Gasteiger partial charge in [0.05, 0.1) is 18.7 Å². The van der Waals surface area contributed by atoms with Crippen LogP contribution >= 0.6 is 0 Å². The molecule has 1 aliphatic heterocycles. The van der Waals surface area contributed by atoms with Crippen molar-refractivity contribution in [3.8, 4) is 0 Å². The summed E-state index contributed by atoms with van der Waals surface area (Å²) in [7, 11) is 5.47. The van der Waals surface area contributed by atoms with Crippen molar-refractivity contribution in [2.45, 2.75) is 19.1 Å². The topological polar surface area (TPSA) is 138 Å². The van der Waals surface area contributed by atoms with Crippen molar-refractivity contribution in [2.24, 2.45) is 0 Å². The van der Waals surface area contributed by atoms with Crippen LogP contribution in [0.15, 0.2) is 51.7 Å². The van der Waals surface area contributed by atoms with Crippen LogP contribution in [0.1, 0.15) is 22.3 Å². The first-order valence-corrected chi connectivity index (χ1v) is 13.3. The molecule has 1 aliphatic rings. The van der Waals surface area contributed by atoms with E-state index in [-0.39, 0.29) is 12.5 Å². The molecule has 0 radical (unpaired) electrons. The molecule has 2 aromatic carbocycles. The van der Waals surface area contributed by atoms with Gasteiger partial charge in [-0.15, -0.1) is 0 Å². The van der Waals surface area contributed by atoms with Gasteiger partial charge in [0, 0.05) is 58.1 Å². The Hall–Kier alpha value is -4.37. The Labute approximate surface area is 245 Å². The third-order valence-corrected chi connectivity index (χ3v) is 6.52. The number of anilines is 1. The number of aromatic nitrogens is 1. The van der Waals surface area contributed by atoms with Crippen molar-refractivity contribution in [3.05, 3.63) is 64.1 Å². The lowest BCUT2D eigenvalue weighted by molar-refractivity contribution is -0.192. The van der Waals surface area contributed by atoms with E-state index in [0.29, 0.717) is 29.0 Å². The first-order chi connectivity index (χ1) is 20.2.